The fourth-order valence-electron chi connectivity index (χ4n) is 1.76. The van der Waals surface area contributed by atoms with Crippen LogP contribution in [-0.4, -0.2) is 14.5 Å². The van der Waals surface area contributed by atoms with E-state index in [0.29, 0.717) is 5.69 Å². The maximum Gasteiger partial charge on any atom is 0.433 e. The van der Waals surface area contributed by atoms with Crippen molar-refractivity contribution in [3.63, 3.8) is 0 Å². The second-order valence-electron chi connectivity index (χ2n) is 4.19. The fourth-order valence-corrected chi connectivity index (χ4v) is 1.76. The Hall–Kier alpha value is -2.05. The van der Waals surface area contributed by atoms with E-state index in [9.17, 15) is 13.2 Å². The van der Waals surface area contributed by atoms with E-state index in [1.807, 2.05) is 18.5 Å². The van der Waals surface area contributed by atoms with Gasteiger partial charge in [-0.3, -0.25) is 0 Å². The van der Waals surface area contributed by atoms with Crippen LogP contribution in [0.4, 0.5) is 18.9 Å². The number of aryl methyl sites for hydroxylation is 1. The SMILES string of the molecule is CC(Nc1ccc(C(F)(F)F)nc1)c1nccn1C. The smallest absolute Gasteiger partial charge is 0.374 e. The maximum absolute atomic E-state index is 12.4. The normalized spacial score (nSPS) is 13.3. The molecule has 0 fully saturated rings. The second kappa shape index (κ2) is 4.91. The van der Waals surface area contributed by atoms with Crippen LogP contribution in [-0.2, 0) is 13.2 Å². The molecule has 0 aliphatic heterocycles. The molecule has 2 aromatic rings. The van der Waals surface area contributed by atoms with E-state index in [-0.39, 0.29) is 6.04 Å². The van der Waals surface area contributed by atoms with Gasteiger partial charge in [0, 0.05) is 19.4 Å². The third-order valence-corrected chi connectivity index (χ3v) is 2.68. The molecule has 0 aliphatic carbocycles. The molecular weight excluding hydrogens is 257 g/mol. The lowest BCUT2D eigenvalue weighted by Gasteiger charge is -2.15. The van der Waals surface area contributed by atoms with Crippen molar-refractivity contribution < 1.29 is 13.2 Å². The Kier molecular flexibility index (Phi) is 3.46. The van der Waals surface area contributed by atoms with Crippen molar-refractivity contribution >= 4 is 5.69 Å². The van der Waals surface area contributed by atoms with Crippen LogP contribution in [0.15, 0.2) is 30.7 Å². The third-order valence-electron chi connectivity index (χ3n) is 2.68. The Balaban J connectivity index is 2.10. The van der Waals surface area contributed by atoms with Gasteiger partial charge in [-0.2, -0.15) is 13.2 Å². The van der Waals surface area contributed by atoms with Crippen molar-refractivity contribution in [2.24, 2.45) is 7.05 Å². The van der Waals surface area contributed by atoms with Crippen molar-refractivity contribution in [1.82, 2.24) is 14.5 Å². The van der Waals surface area contributed by atoms with Gasteiger partial charge in [0.1, 0.15) is 11.5 Å². The highest BCUT2D eigenvalue weighted by Crippen LogP contribution is 2.28. The Bertz CT molecular complexity index is 545. The molecule has 0 aliphatic rings. The average Bonchev–Trinajstić information content (AvgIpc) is 2.75. The van der Waals surface area contributed by atoms with Crippen LogP contribution in [0.3, 0.4) is 0 Å². The zero-order valence-electron chi connectivity index (χ0n) is 10.4. The molecule has 4 nitrogen and oxygen atoms in total. The molecule has 2 aromatic heterocycles. The molecule has 0 saturated carbocycles. The lowest BCUT2D eigenvalue weighted by atomic mass is 10.2. The van der Waals surface area contributed by atoms with E-state index in [0.717, 1.165) is 11.9 Å². The molecule has 2 heterocycles. The highest BCUT2D eigenvalue weighted by Gasteiger charge is 2.32. The molecule has 0 aromatic carbocycles. The molecule has 1 atom stereocenters. The fraction of sp³-hybridized carbons (Fsp3) is 0.333. The summed E-state index contributed by atoms with van der Waals surface area (Å²) >= 11 is 0. The van der Waals surface area contributed by atoms with Crippen molar-refractivity contribution in [3.8, 4) is 0 Å². The van der Waals surface area contributed by atoms with Gasteiger partial charge < -0.3 is 9.88 Å². The van der Waals surface area contributed by atoms with Gasteiger partial charge in [-0.1, -0.05) is 0 Å². The Morgan fingerprint density at radius 2 is 2.00 bits per heavy atom. The number of halogens is 3. The Morgan fingerprint density at radius 3 is 2.47 bits per heavy atom. The molecule has 0 bridgehead atoms. The van der Waals surface area contributed by atoms with Gasteiger partial charge in [0.15, 0.2) is 0 Å². The van der Waals surface area contributed by atoms with Crippen molar-refractivity contribution in [1.29, 1.82) is 0 Å². The van der Waals surface area contributed by atoms with Gasteiger partial charge >= 0.3 is 6.18 Å². The van der Waals surface area contributed by atoms with E-state index in [1.165, 1.54) is 12.3 Å². The zero-order chi connectivity index (χ0) is 14.0. The van der Waals surface area contributed by atoms with Gasteiger partial charge in [-0.15, -0.1) is 0 Å². The molecule has 0 radical (unpaired) electrons. The summed E-state index contributed by atoms with van der Waals surface area (Å²) in [6.45, 7) is 1.88. The monoisotopic (exact) mass is 270 g/mol. The largest absolute Gasteiger partial charge is 0.433 e. The van der Waals surface area contributed by atoms with Crippen LogP contribution < -0.4 is 5.32 Å². The van der Waals surface area contributed by atoms with Crippen LogP contribution in [0.5, 0.6) is 0 Å². The molecule has 0 saturated heterocycles. The molecule has 1 N–H and O–H groups in total. The summed E-state index contributed by atoms with van der Waals surface area (Å²) in [5, 5.41) is 3.05. The minimum atomic E-state index is -4.41. The molecule has 19 heavy (non-hydrogen) atoms. The highest BCUT2D eigenvalue weighted by atomic mass is 19.4. The van der Waals surface area contributed by atoms with E-state index in [2.05, 4.69) is 15.3 Å². The van der Waals surface area contributed by atoms with Gasteiger partial charge in [0.05, 0.1) is 17.9 Å². The number of anilines is 1. The Morgan fingerprint density at radius 1 is 1.26 bits per heavy atom. The standard InChI is InChI=1S/C12H13F3N4/c1-8(11-16-5-6-19(11)2)18-9-3-4-10(17-7-9)12(13,14)15/h3-8,18H,1-2H3. The zero-order valence-corrected chi connectivity index (χ0v) is 10.4. The number of pyridine rings is 1. The number of alkyl halides is 3. The molecule has 2 rings (SSSR count). The third kappa shape index (κ3) is 3.04. The van der Waals surface area contributed by atoms with Crippen LogP contribution in [0.1, 0.15) is 24.5 Å². The van der Waals surface area contributed by atoms with Gasteiger partial charge in [0.2, 0.25) is 0 Å². The van der Waals surface area contributed by atoms with Crippen molar-refractivity contribution in [3.05, 3.63) is 42.2 Å². The number of imidazole rings is 1. The lowest BCUT2D eigenvalue weighted by Crippen LogP contribution is -2.13. The summed E-state index contributed by atoms with van der Waals surface area (Å²) in [7, 11) is 1.85. The predicted octanol–water partition coefficient (Wildman–Crippen LogP) is 3.01. The molecule has 1 unspecified atom stereocenters. The summed E-state index contributed by atoms with van der Waals surface area (Å²) in [4.78, 5) is 7.56. The highest BCUT2D eigenvalue weighted by molar-refractivity contribution is 5.42. The summed E-state index contributed by atoms with van der Waals surface area (Å²) in [6.07, 6.45) is 0.225. The van der Waals surface area contributed by atoms with E-state index in [1.54, 1.807) is 12.4 Å². The molecule has 0 spiro atoms. The van der Waals surface area contributed by atoms with Crippen LogP contribution in [0.2, 0.25) is 0 Å². The van der Waals surface area contributed by atoms with Gasteiger partial charge in [0.25, 0.3) is 0 Å². The van der Waals surface area contributed by atoms with E-state index < -0.39 is 11.9 Å². The minimum absolute atomic E-state index is 0.126. The lowest BCUT2D eigenvalue weighted by molar-refractivity contribution is -0.141. The Labute approximate surface area is 108 Å². The summed E-state index contributed by atoms with van der Waals surface area (Å²) < 4.78 is 38.9. The number of aromatic nitrogens is 3. The summed E-state index contributed by atoms with van der Waals surface area (Å²) in [5.41, 5.74) is -0.383. The van der Waals surface area contributed by atoms with E-state index in [4.69, 9.17) is 0 Å². The maximum atomic E-state index is 12.4. The first-order chi connectivity index (χ1) is 8.88. The van der Waals surface area contributed by atoms with Crippen LogP contribution in [0.25, 0.3) is 0 Å². The summed E-state index contributed by atoms with van der Waals surface area (Å²) in [5.74, 6) is 0.792. The number of rotatable bonds is 3. The van der Waals surface area contributed by atoms with Crippen LogP contribution >= 0.6 is 0 Å². The topological polar surface area (TPSA) is 42.7 Å². The molecular formula is C12H13F3N4. The predicted molar refractivity (Wildman–Crippen MR) is 64.5 cm³/mol. The number of hydrogen-bond donors (Lipinski definition) is 1. The number of nitrogens with one attached hydrogen (secondary N) is 1. The first-order valence-corrected chi connectivity index (χ1v) is 5.65. The van der Waals surface area contributed by atoms with Gasteiger partial charge in [-0.05, 0) is 19.1 Å². The minimum Gasteiger partial charge on any atom is -0.374 e. The van der Waals surface area contributed by atoms with Crippen molar-refractivity contribution in [2.45, 2.75) is 19.1 Å². The number of nitrogens with zero attached hydrogens (tertiary/aromatic N) is 3. The molecule has 0 amide bonds. The summed E-state index contributed by atoms with van der Waals surface area (Å²) in [6, 6.07) is 2.18. The van der Waals surface area contributed by atoms with Crippen LogP contribution in [0, 0.1) is 0 Å². The molecule has 102 valence electrons. The van der Waals surface area contributed by atoms with E-state index >= 15 is 0 Å². The van der Waals surface area contributed by atoms with Crippen molar-refractivity contribution in [2.75, 3.05) is 5.32 Å². The number of hydrogen-bond acceptors (Lipinski definition) is 3. The second-order valence-corrected chi connectivity index (χ2v) is 4.19. The quantitative estimate of drug-likeness (QED) is 0.932. The first-order valence-electron chi connectivity index (χ1n) is 5.65. The first kappa shape index (κ1) is 13.4. The molecule has 7 heteroatoms. The average molecular weight is 270 g/mol. The van der Waals surface area contributed by atoms with Gasteiger partial charge in [-0.25, -0.2) is 9.97 Å².